The van der Waals surface area contributed by atoms with E-state index in [4.69, 9.17) is 5.11 Å². The molecule has 1 N–H and O–H groups in total. The number of rotatable bonds is 4. The monoisotopic (exact) mass is 240 g/mol. The summed E-state index contributed by atoms with van der Waals surface area (Å²) in [4.78, 5) is 12.2. The van der Waals surface area contributed by atoms with Gasteiger partial charge in [-0.25, -0.2) is 0 Å². The number of ketones is 1. The molecular formula is C16H16O2. The van der Waals surface area contributed by atoms with Crippen LogP contribution in [0.2, 0.25) is 0 Å². The topological polar surface area (TPSA) is 37.3 Å². The Kier molecular flexibility index (Phi) is 3.90. The lowest BCUT2D eigenvalue weighted by Crippen LogP contribution is -2.01. The Morgan fingerprint density at radius 3 is 1.94 bits per heavy atom. The van der Waals surface area contributed by atoms with Crippen molar-refractivity contribution in [1.82, 2.24) is 0 Å². The Labute approximate surface area is 107 Å². The van der Waals surface area contributed by atoms with Crippen LogP contribution in [-0.4, -0.2) is 17.5 Å². The van der Waals surface area contributed by atoms with Crippen molar-refractivity contribution in [1.29, 1.82) is 0 Å². The zero-order valence-corrected chi connectivity index (χ0v) is 10.4. The normalized spacial score (nSPS) is 10.3. The second-order valence-corrected chi connectivity index (χ2v) is 4.37. The van der Waals surface area contributed by atoms with Crippen LogP contribution >= 0.6 is 0 Å². The quantitative estimate of drug-likeness (QED) is 0.834. The first kappa shape index (κ1) is 12.5. The van der Waals surface area contributed by atoms with Gasteiger partial charge in [-0.05, 0) is 18.9 Å². The number of benzene rings is 2. The molecule has 2 aromatic rings. The minimum Gasteiger partial charge on any atom is -0.396 e. The predicted octanol–water partition coefficient (Wildman–Crippen LogP) is 2.76. The molecule has 18 heavy (non-hydrogen) atoms. The average Bonchev–Trinajstić information content (AvgIpc) is 2.40. The fourth-order valence-electron chi connectivity index (χ4n) is 1.82. The molecular weight excluding hydrogens is 224 g/mol. The van der Waals surface area contributed by atoms with Crippen LogP contribution in [0.25, 0.3) is 0 Å². The molecule has 0 spiro atoms. The Morgan fingerprint density at radius 2 is 1.44 bits per heavy atom. The molecule has 0 heterocycles. The van der Waals surface area contributed by atoms with Crippen LogP contribution in [0, 0.1) is 6.92 Å². The van der Waals surface area contributed by atoms with E-state index in [2.05, 4.69) is 0 Å². The van der Waals surface area contributed by atoms with Gasteiger partial charge in [0, 0.05) is 17.7 Å². The van der Waals surface area contributed by atoms with Crippen molar-refractivity contribution in [2.75, 3.05) is 6.61 Å². The van der Waals surface area contributed by atoms with Crippen molar-refractivity contribution in [3.63, 3.8) is 0 Å². The van der Waals surface area contributed by atoms with E-state index in [9.17, 15) is 4.79 Å². The van der Waals surface area contributed by atoms with E-state index in [0.29, 0.717) is 17.5 Å². The van der Waals surface area contributed by atoms with E-state index in [1.54, 1.807) is 0 Å². The number of aliphatic hydroxyl groups is 1. The predicted molar refractivity (Wildman–Crippen MR) is 71.8 cm³/mol. The Hall–Kier alpha value is -1.93. The number of aryl methyl sites for hydroxylation is 1. The van der Waals surface area contributed by atoms with E-state index >= 15 is 0 Å². The minimum absolute atomic E-state index is 0.0329. The number of aliphatic hydroxyl groups excluding tert-OH is 1. The summed E-state index contributed by atoms with van der Waals surface area (Å²) < 4.78 is 0. The van der Waals surface area contributed by atoms with Crippen LogP contribution in [0.1, 0.15) is 27.0 Å². The van der Waals surface area contributed by atoms with Crippen molar-refractivity contribution >= 4 is 5.78 Å². The third kappa shape index (κ3) is 2.84. The highest BCUT2D eigenvalue weighted by atomic mass is 16.2. The summed E-state index contributed by atoms with van der Waals surface area (Å²) in [6, 6.07) is 15.0. The highest BCUT2D eigenvalue weighted by Gasteiger charge is 2.08. The number of carbonyl (C=O) groups excluding carboxylic acids is 1. The lowest BCUT2D eigenvalue weighted by molar-refractivity contribution is 0.103. The minimum atomic E-state index is 0.0329. The summed E-state index contributed by atoms with van der Waals surface area (Å²) in [5, 5.41) is 8.84. The molecule has 0 amide bonds. The van der Waals surface area contributed by atoms with Gasteiger partial charge in [0.1, 0.15) is 0 Å². The molecule has 0 aromatic heterocycles. The SMILES string of the molecule is Cc1ccc(C(=O)c2ccc(CCO)cc2)cc1. The summed E-state index contributed by atoms with van der Waals surface area (Å²) in [6.07, 6.45) is 0.624. The first-order valence-electron chi connectivity index (χ1n) is 6.02. The van der Waals surface area contributed by atoms with E-state index < -0.39 is 0 Å². The first-order chi connectivity index (χ1) is 8.70. The standard InChI is InChI=1S/C16H16O2/c1-12-2-6-14(7-3-12)16(18)15-8-4-13(5-9-15)10-11-17/h2-9,17H,10-11H2,1H3. The molecule has 2 nitrogen and oxygen atoms in total. The molecule has 92 valence electrons. The summed E-state index contributed by atoms with van der Waals surface area (Å²) in [7, 11) is 0. The molecule has 2 heteroatoms. The van der Waals surface area contributed by atoms with Crippen LogP contribution in [0.3, 0.4) is 0 Å². The summed E-state index contributed by atoms with van der Waals surface area (Å²) >= 11 is 0. The van der Waals surface area contributed by atoms with Crippen LogP contribution in [0.5, 0.6) is 0 Å². The van der Waals surface area contributed by atoms with Gasteiger partial charge in [-0.15, -0.1) is 0 Å². The van der Waals surface area contributed by atoms with Crippen molar-refractivity contribution in [3.05, 3.63) is 70.8 Å². The van der Waals surface area contributed by atoms with Crippen molar-refractivity contribution in [2.24, 2.45) is 0 Å². The molecule has 0 saturated carbocycles. The molecule has 0 aliphatic carbocycles. The van der Waals surface area contributed by atoms with E-state index in [0.717, 1.165) is 11.1 Å². The van der Waals surface area contributed by atoms with Crippen molar-refractivity contribution in [2.45, 2.75) is 13.3 Å². The smallest absolute Gasteiger partial charge is 0.193 e. The van der Waals surface area contributed by atoms with Crippen molar-refractivity contribution < 1.29 is 9.90 Å². The summed E-state index contributed by atoms with van der Waals surface area (Å²) in [5.41, 5.74) is 3.57. The van der Waals surface area contributed by atoms with Crippen molar-refractivity contribution in [3.8, 4) is 0 Å². The van der Waals surface area contributed by atoms with Gasteiger partial charge in [0.2, 0.25) is 0 Å². The molecule has 0 unspecified atom stereocenters. The van der Waals surface area contributed by atoms with Gasteiger partial charge in [-0.1, -0.05) is 54.1 Å². The molecule has 0 radical (unpaired) electrons. The maximum atomic E-state index is 12.2. The van der Waals surface area contributed by atoms with E-state index in [-0.39, 0.29) is 12.4 Å². The molecule has 0 aliphatic rings. The van der Waals surface area contributed by atoms with E-state index in [1.165, 1.54) is 0 Å². The summed E-state index contributed by atoms with van der Waals surface area (Å²) in [6.45, 7) is 2.13. The Bertz CT molecular complexity index is 524. The second-order valence-electron chi connectivity index (χ2n) is 4.37. The van der Waals surface area contributed by atoms with Gasteiger partial charge in [-0.3, -0.25) is 4.79 Å². The van der Waals surface area contributed by atoms with Gasteiger partial charge in [0.25, 0.3) is 0 Å². The van der Waals surface area contributed by atoms with Crippen LogP contribution in [0.4, 0.5) is 0 Å². The third-order valence-corrected chi connectivity index (χ3v) is 2.93. The molecule has 2 aromatic carbocycles. The maximum Gasteiger partial charge on any atom is 0.193 e. The lowest BCUT2D eigenvalue weighted by atomic mass is 10.0. The summed E-state index contributed by atoms with van der Waals surface area (Å²) in [5.74, 6) is 0.0329. The highest BCUT2D eigenvalue weighted by molar-refractivity contribution is 6.08. The largest absolute Gasteiger partial charge is 0.396 e. The van der Waals surface area contributed by atoms with Crippen LogP contribution < -0.4 is 0 Å². The molecule has 2 rings (SSSR count). The van der Waals surface area contributed by atoms with Gasteiger partial charge in [-0.2, -0.15) is 0 Å². The maximum absolute atomic E-state index is 12.2. The van der Waals surface area contributed by atoms with Gasteiger partial charge < -0.3 is 5.11 Å². The van der Waals surface area contributed by atoms with Gasteiger partial charge >= 0.3 is 0 Å². The molecule has 0 atom stereocenters. The number of hydrogen-bond donors (Lipinski definition) is 1. The fraction of sp³-hybridized carbons (Fsp3) is 0.188. The lowest BCUT2D eigenvalue weighted by Gasteiger charge is -2.03. The van der Waals surface area contributed by atoms with Gasteiger partial charge in [0.15, 0.2) is 5.78 Å². The highest BCUT2D eigenvalue weighted by Crippen LogP contribution is 2.12. The fourth-order valence-corrected chi connectivity index (χ4v) is 1.82. The second kappa shape index (κ2) is 5.61. The zero-order valence-electron chi connectivity index (χ0n) is 10.4. The molecule has 0 bridgehead atoms. The Morgan fingerprint density at radius 1 is 0.944 bits per heavy atom. The molecule has 0 aliphatic heterocycles. The third-order valence-electron chi connectivity index (χ3n) is 2.93. The van der Waals surface area contributed by atoms with Crippen LogP contribution in [-0.2, 0) is 6.42 Å². The average molecular weight is 240 g/mol. The first-order valence-corrected chi connectivity index (χ1v) is 6.02. The Balaban J connectivity index is 2.20. The van der Waals surface area contributed by atoms with Crippen LogP contribution in [0.15, 0.2) is 48.5 Å². The van der Waals surface area contributed by atoms with E-state index in [1.807, 2.05) is 55.5 Å². The van der Waals surface area contributed by atoms with Gasteiger partial charge in [0.05, 0.1) is 0 Å². The molecule has 0 fully saturated rings. The number of carbonyl (C=O) groups is 1. The molecule has 0 saturated heterocycles. The number of hydrogen-bond acceptors (Lipinski definition) is 2. The zero-order chi connectivity index (χ0) is 13.0.